The Bertz CT molecular complexity index is 551. The zero-order valence-corrected chi connectivity index (χ0v) is 11.2. The molecule has 0 aliphatic heterocycles. The summed E-state index contributed by atoms with van der Waals surface area (Å²) in [4.78, 5) is 0. The summed E-state index contributed by atoms with van der Waals surface area (Å²) >= 11 is 3.64. The van der Waals surface area contributed by atoms with Gasteiger partial charge in [0.25, 0.3) is 0 Å². The molecule has 17 heavy (non-hydrogen) atoms. The van der Waals surface area contributed by atoms with Gasteiger partial charge in [-0.05, 0) is 30.4 Å². The average Bonchev–Trinajstić information content (AvgIpc) is 3.07. The summed E-state index contributed by atoms with van der Waals surface area (Å²) in [6.45, 7) is 0. The minimum atomic E-state index is 0.683. The van der Waals surface area contributed by atoms with Crippen molar-refractivity contribution >= 4 is 21.7 Å². The summed E-state index contributed by atoms with van der Waals surface area (Å²) in [6, 6.07) is 8.36. The van der Waals surface area contributed by atoms with Crippen LogP contribution in [0.25, 0.3) is 11.3 Å². The molecule has 1 heterocycles. The smallest absolute Gasteiger partial charge is 0.121 e. The van der Waals surface area contributed by atoms with Gasteiger partial charge in [-0.2, -0.15) is 5.10 Å². The zero-order chi connectivity index (χ0) is 12.0. The highest BCUT2D eigenvalue weighted by atomic mass is 79.9. The maximum atomic E-state index is 5.79. The first-order chi connectivity index (χ1) is 8.15. The highest BCUT2D eigenvalue weighted by molar-refractivity contribution is 9.10. The Balaban J connectivity index is 2.00. The van der Waals surface area contributed by atoms with Crippen molar-refractivity contribution in [2.45, 2.75) is 18.8 Å². The number of nitrogens with two attached hydrogens (primary N) is 1. The zero-order valence-electron chi connectivity index (χ0n) is 9.65. The van der Waals surface area contributed by atoms with E-state index in [4.69, 9.17) is 5.73 Å². The van der Waals surface area contributed by atoms with E-state index < -0.39 is 0 Å². The molecule has 1 aromatic carbocycles. The maximum Gasteiger partial charge on any atom is 0.121 e. The summed E-state index contributed by atoms with van der Waals surface area (Å²) in [6.07, 6.45) is 2.63. The third-order valence-corrected chi connectivity index (χ3v) is 3.92. The number of benzene rings is 1. The molecule has 0 radical (unpaired) electrons. The normalized spacial score (nSPS) is 15.2. The van der Waals surface area contributed by atoms with Gasteiger partial charge in [-0.3, -0.25) is 4.68 Å². The predicted octanol–water partition coefficient (Wildman–Crippen LogP) is 3.31. The minimum absolute atomic E-state index is 0.683. The van der Waals surface area contributed by atoms with Gasteiger partial charge in [-0.15, -0.1) is 0 Å². The van der Waals surface area contributed by atoms with E-state index in [9.17, 15) is 0 Å². The molecule has 4 heteroatoms. The average molecular weight is 292 g/mol. The molecule has 88 valence electrons. The molecular formula is C13H14BrN3. The lowest BCUT2D eigenvalue weighted by atomic mass is 10.1. The lowest BCUT2D eigenvalue weighted by Crippen LogP contribution is -1.96. The predicted molar refractivity (Wildman–Crippen MR) is 72.7 cm³/mol. The van der Waals surface area contributed by atoms with E-state index in [0.29, 0.717) is 5.82 Å². The van der Waals surface area contributed by atoms with Gasteiger partial charge >= 0.3 is 0 Å². The lowest BCUT2D eigenvalue weighted by molar-refractivity contribution is 0.782. The van der Waals surface area contributed by atoms with Crippen molar-refractivity contribution in [2.75, 3.05) is 5.73 Å². The van der Waals surface area contributed by atoms with Crippen molar-refractivity contribution in [3.63, 3.8) is 0 Å². The van der Waals surface area contributed by atoms with Crippen LogP contribution >= 0.6 is 15.9 Å². The van der Waals surface area contributed by atoms with E-state index in [1.54, 1.807) is 4.68 Å². The molecule has 0 saturated heterocycles. The van der Waals surface area contributed by atoms with Crippen molar-refractivity contribution in [1.29, 1.82) is 0 Å². The molecule has 0 spiro atoms. The van der Waals surface area contributed by atoms with Crippen LogP contribution in [0.15, 0.2) is 28.7 Å². The van der Waals surface area contributed by atoms with Gasteiger partial charge in [0, 0.05) is 23.2 Å². The van der Waals surface area contributed by atoms with Gasteiger partial charge in [0.1, 0.15) is 5.82 Å². The van der Waals surface area contributed by atoms with Crippen LogP contribution in [0, 0.1) is 0 Å². The Kier molecular flexibility index (Phi) is 2.47. The molecule has 0 bridgehead atoms. The monoisotopic (exact) mass is 291 g/mol. The third kappa shape index (κ3) is 1.97. The van der Waals surface area contributed by atoms with Crippen molar-refractivity contribution in [1.82, 2.24) is 9.78 Å². The van der Waals surface area contributed by atoms with Gasteiger partial charge < -0.3 is 5.73 Å². The summed E-state index contributed by atoms with van der Waals surface area (Å²) in [5.41, 5.74) is 9.24. The van der Waals surface area contributed by atoms with E-state index in [1.807, 2.05) is 13.1 Å². The number of nitrogens with zero attached hydrogens (tertiary/aromatic N) is 2. The number of aryl methyl sites for hydroxylation is 1. The molecule has 0 atom stereocenters. The number of hydrogen-bond donors (Lipinski definition) is 1. The van der Waals surface area contributed by atoms with Crippen molar-refractivity contribution in [3.8, 4) is 11.3 Å². The van der Waals surface area contributed by atoms with E-state index in [2.05, 4.69) is 39.2 Å². The highest BCUT2D eigenvalue weighted by Gasteiger charge is 2.25. The summed E-state index contributed by atoms with van der Waals surface area (Å²) in [5.74, 6) is 1.44. The van der Waals surface area contributed by atoms with Crippen molar-refractivity contribution < 1.29 is 0 Å². The number of anilines is 1. The second-order valence-electron chi connectivity index (χ2n) is 4.59. The quantitative estimate of drug-likeness (QED) is 0.923. The number of hydrogen-bond acceptors (Lipinski definition) is 2. The highest BCUT2D eigenvalue weighted by Crippen LogP contribution is 2.44. The van der Waals surface area contributed by atoms with Crippen LogP contribution in [-0.2, 0) is 7.05 Å². The molecule has 2 N–H and O–H groups in total. The Hall–Kier alpha value is -1.29. The van der Waals surface area contributed by atoms with Crippen LogP contribution in [-0.4, -0.2) is 9.78 Å². The molecule has 2 aromatic rings. The van der Waals surface area contributed by atoms with Crippen LogP contribution in [0.5, 0.6) is 0 Å². The summed E-state index contributed by atoms with van der Waals surface area (Å²) in [5, 5.41) is 4.38. The Morgan fingerprint density at radius 3 is 2.65 bits per heavy atom. The first-order valence-corrected chi connectivity index (χ1v) is 6.54. The van der Waals surface area contributed by atoms with Crippen LogP contribution in [0.4, 0.5) is 5.82 Å². The maximum absolute atomic E-state index is 5.79. The number of rotatable bonds is 2. The van der Waals surface area contributed by atoms with Crippen LogP contribution in [0.3, 0.4) is 0 Å². The topological polar surface area (TPSA) is 43.8 Å². The Labute approximate surface area is 109 Å². The molecule has 1 fully saturated rings. The first-order valence-electron chi connectivity index (χ1n) is 5.74. The second kappa shape index (κ2) is 3.88. The van der Waals surface area contributed by atoms with E-state index in [0.717, 1.165) is 17.2 Å². The van der Waals surface area contributed by atoms with Crippen molar-refractivity contribution in [2.24, 2.45) is 7.05 Å². The van der Waals surface area contributed by atoms with Crippen LogP contribution < -0.4 is 5.73 Å². The molecule has 0 unspecified atom stereocenters. The molecular weight excluding hydrogens is 278 g/mol. The van der Waals surface area contributed by atoms with E-state index in [-0.39, 0.29) is 0 Å². The van der Waals surface area contributed by atoms with Crippen LogP contribution in [0.2, 0.25) is 0 Å². The largest absolute Gasteiger partial charge is 0.384 e. The van der Waals surface area contributed by atoms with Crippen molar-refractivity contribution in [3.05, 3.63) is 34.3 Å². The Morgan fingerprint density at radius 1 is 1.35 bits per heavy atom. The standard InChI is InChI=1S/C13H14BrN3/c1-17-13(15)7-12(16-17)9-4-5-10(8-2-3-8)11(14)6-9/h4-8H,2-3,15H2,1H3. The molecule has 3 rings (SSSR count). The van der Waals surface area contributed by atoms with Crippen LogP contribution in [0.1, 0.15) is 24.3 Å². The molecule has 1 saturated carbocycles. The van der Waals surface area contributed by atoms with Gasteiger partial charge in [-0.1, -0.05) is 28.1 Å². The number of nitrogen functional groups attached to an aromatic ring is 1. The van der Waals surface area contributed by atoms with Gasteiger partial charge in [0.15, 0.2) is 0 Å². The molecule has 1 aliphatic carbocycles. The number of halogens is 1. The van der Waals surface area contributed by atoms with Gasteiger partial charge in [0.2, 0.25) is 0 Å². The number of aromatic nitrogens is 2. The SMILES string of the molecule is Cn1nc(-c2ccc(C3CC3)c(Br)c2)cc1N. The fourth-order valence-electron chi connectivity index (χ4n) is 2.03. The molecule has 1 aromatic heterocycles. The molecule has 1 aliphatic rings. The van der Waals surface area contributed by atoms with Gasteiger partial charge in [-0.25, -0.2) is 0 Å². The first kappa shape index (κ1) is 10.8. The van der Waals surface area contributed by atoms with Gasteiger partial charge in [0.05, 0.1) is 5.69 Å². The summed E-state index contributed by atoms with van der Waals surface area (Å²) in [7, 11) is 1.85. The summed E-state index contributed by atoms with van der Waals surface area (Å²) < 4.78 is 2.87. The van der Waals surface area contributed by atoms with E-state index in [1.165, 1.54) is 22.9 Å². The fourth-order valence-corrected chi connectivity index (χ4v) is 2.74. The Morgan fingerprint density at radius 2 is 2.12 bits per heavy atom. The lowest BCUT2D eigenvalue weighted by Gasteiger charge is -2.04. The van der Waals surface area contributed by atoms with E-state index >= 15 is 0 Å². The minimum Gasteiger partial charge on any atom is -0.384 e. The molecule has 3 nitrogen and oxygen atoms in total. The third-order valence-electron chi connectivity index (χ3n) is 3.23. The fraction of sp³-hybridized carbons (Fsp3) is 0.308. The second-order valence-corrected chi connectivity index (χ2v) is 5.44. The molecule has 0 amide bonds.